The van der Waals surface area contributed by atoms with E-state index in [9.17, 15) is 39.5 Å². The van der Waals surface area contributed by atoms with Crippen LogP contribution in [0.5, 0.6) is 11.5 Å². The maximum absolute atomic E-state index is 14.7. The van der Waals surface area contributed by atoms with Crippen molar-refractivity contribution in [2.45, 2.75) is 63.7 Å². The summed E-state index contributed by atoms with van der Waals surface area (Å²) in [7, 11) is 0. The molecular weight excluding hydrogens is 503 g/mol. The second-order valence-corrected chi connectivity index (χ2v) is 8.66. The van der Waals surface area contributed by atoms with Gasteiger partial charge in [-0.25, -0.2) is 17.6 Å². The molecule has 0 aromatic heterocycles. The zero-order chi connectivity index (χ0) is 26.7. The van der Waals surface area contributed by atoms with Crippen LogP contribution >= 0.6 is 0 Å². The van der Waals surface area contributed by atoms with E-state index < -0.39 is 58.7 Å². The Morgan fingerprint density at radius 3 is 1.89 bits per heavy atom. The van der Waals surface area contributed by atoms with Gasteiger partial charge in [0.2, 0.25) is 0 Å². The predicted octanol–water partition coefficient (Wildman–Crippen LogP) is 8.90. The van der Waals surface area contributed by atoms with E-state index in [1.807, 2.05) is 0 Å². The summed E-state index contributed by atoms with van der Waals surface area (Å²) in [5.74, 6) is -8.66. The lowest BCUT2D eigenvalue weighted by molar-refractivity contribution is -0.189. The molecule has 1 aliphatic rings. The van der Waals surface area contributed by atoms with E-state index in [0.717, 1.165) is 37.8 Å². The number of halogens is 9. The summed E-state index contributed by atoms with van der Waals surface area (Å²) in [6, 6.07) is 2.00. The average Bonchev–Trinajstić information content (AvgIpc) is 2.74. The fraction of sp³-hybridized carbons (Fsp3) is 0.440. The van der Waals surface area contributed by atoms with Crippen LogP contribution in [-0.2, 0) is 6.11 Å². The van der Waals surface area contributed by atoms with Crippen LogP contribution in [0.2, 0.25) is 0 Å². The molecule has 36 heavy (non-hydrogen) atoms. The van der Waals surface area contributed by atoms with E-state index in [1.165, 1.54) is 0 Å². The van der Waals surface area contributed by atoms with Crippen LogP contribution in [0, 0.1) is 29.2 Å². The van der Waals surface area contributed by atoms with E-state index in [-0.39, 0.29) is 29.9 Å². The van der Waals surface area contributed by atoms with Crippen molar-refractivity contribution in [1.29, 1.82) is 0 Å². The lowest BCUT2D eigenvalue weighted by atomic mass is 9.77. The number of hydrogen-bond donors (Lipinski definition) is 0. The third-order valence-electron chi connectivity index (χ3n) is 6.03. The van der Waals surface area contributed by atoms with Gasteiger partial charge >= 0.3 is 12.3 Å². The van der Waals surface area contributed by atoms with Gasteiger partial charge in [-0.3, -0.25) is 0 Å². The molecule has 2 aromatic carbocycles. The highest BCUT2D eigenvalue weighted by molar-refractivity contribution is 5.37. The Morgan fingerprint density at radius 2 is 1.39 bits per heavy atom. The highest BCUT2D eigenvalue weighted by atomic mass is 19.4. The van der Waals surface area contributed by atoms with Gasteiger partial charge < -0.3 is 9.47 Å². The summed E-state index contributed by atoms with van der Waals surface area (Å²) in [5, 5.41) is 0. The van der Waals surface area contributed by atoms with E-state index in [2.05, 4.69) is 16.4 Å². The lowest BCUT2D eigenvalue weighted by Gasteiger charge is -2.29. The van der Waals surface area contributed by atoms with Crippen molar-refractivity contribution in [2.24, 2.45) is 5.92 Å². The topological polar surface area (TPSA) is 18.5 Å². The molecule has 11 heteroatoms. The minimum absolute atomic E-state index is 0.0425. The Hall–Kier alpha value is -2.85. The monoisotopic (exact) mass is 526 g/mol. The minimum atomic E-state index is -4.82. The van der Waals surface area contributed by atoms with Gasteiger partial charge in [-0.2, -0.15) is 22.0 Å². The standard InChI is InChI=1S/C25H23F9O2/c1-2-3-14-4-6-15(7-5-14)16-10-18(26)22(19(27)11-16)25(33,34)36-17-12-20(28)23(21(29)13-17)35-9-8-24(30,31)32/h8-15H,2-7H2,1H3. The molecule has 3 rings (SSSR count). The third kappa shape index (κ3) is 6.88. The van der Waals surface area contributed by atoms with Crippen LogP contribution in [0.1, 0.15) is 62.5 Å². The molecule has 2 nitrogen and oxygen atoms in total. The van der Waals surface area contributed by atoms with Crippen molar-refractivity contribution in [2.75, 3.05) is 0 Å². The second kappa shape index (κ2) is 11.0. The number of ether oxygens (including phenoxy) is 2. The average molecular weight is 526 g/mol. The van der Waals surface area contributed by atoms with Crippen molar-refractivity contribution in [3.63, 3.8) is 0 Å². The molecule has 1 aliphatic carbocycles. The molecule has 198 valence electrons. The number of hydrogen-bond acceptors (Lipinski definition) is 2. The van der Waals surface area contributed by atoms with Gasteiger partial charge in [-0.1, -0.05) is 19.8 Å². The van der Waals surface area contributed by atoms with Gasteiger partial charge in [-0.15, -0.1) is 0 Å². The molecule has 1 fully saturated rings. The summed E-state index contributed by atoms with van der Waals surface area (Å²) in [6.07, 6.45) is -4.83. The van der Waals surface area contributed by atoms with Crippen molar-refractivity contribution in [3.05, 3.63) is 71.0 Å². The Labute approximate surface area is 201 Å². The molecule has 0 bridgehead atoms. The lowest BCUT2D eigenvalue weighted by Crippen LogP contribution is -2.26. The first kappa shape index (κ1) is 27.7. The maximum atomic E-state index is 14.7. The Morgan fingerprint density at radius 1 is 0.833 bits per heavy atom. The summed E-state index contributed by atoms with van der Waals surface area (Å²) in [6.45, 7) is 2.07. The van der Waals surface area contributed by atoms with Crippen LogP contribution in [0.25, 0.3) is 0 Å². The molecular formula is C25H23F9O2. The Kier molecular flexibility index (Phi) is 8.51. The molecule has 0 N–H and O–H groups in total. The fourth-order valence-corrected chi connectivity index (χ4v) is 4.39. The molecule has 0 radical (unpaired) electrons. The normalized spacial score (nSPS) is 19.1. The Bertz CT molecular complexity index is 1040. The highest BCUT2D eigenvalue weighted by Crippen LogP contribution is 2.41. The predicted molar refractivity (Wildman–Crippen MR) is 113 cm³/mol. The molecule has 1 saturated carbocycles. The first-order chi connectivity index (χ1) is 16.8. The first-order valence-electron chi connectivity index (χ1n) is 11.3. The van der Waals surface area contributed by atoms with Crippen molar-refractivity contribution < 1.29 is 49.0 Å². The van der Waals surface area contributed by atoms with Crippen molar-refractivity contribution in [3.8, 4) is 11.5 Å². The summed E-state index contributed by atoms with van der Waals surface area (Å²) >= 11 is 0. The molecule has 0 amide bonds. The quantitative estimate of drug-likeness (QED) is 0.253. The van der Waals surface area contributed by atoms with Crippen LogP contribution in [-0.4, -0.2) is 6.18 Å². The molecule has 2 aromatic rings. The largest absolute Gasteiger partial charge is 0.459 e. The summed E-state index contributed by atoms with van der Waals surface area (Å²) in [5.41, 5.74) is -1.50. The zero-order valence-electron chi connectivity index (χ0n) is 19.1. The number of alkyl halides is 5. The van der Waals surface area contributed by atoms with Gasteiger partial charge in [0.15, 0.2) is 17.4 Å². The number of rotatable bonds is 8. The highest BCUT2D eigenvalue weighted by Gasteiger charge is 2.42. The van der Waals surface area contributed by atoms with E-state index in [1.54, 1.807) is 0 Å². The van der Waals surface area contributed by atoms with Crippen LogP contribution < -0.4 is 9.47 Å². The van der Waals surface area contributed by atoms with Crippen LogP contribution in [0.3, 0.4) is 0 Å². The van der Waals surface area contributed by atoms with Crippen LogP contribution in [0.4, 0.5) is 39.5 Å². The van der Waals surface area contributed by atoms with Gasteiger partial charge in [0.25, 0.3) is 0 Å². The molecule has 0 spiro atoms. The van der Waals surface area contributed by atoms with Gasteiger partial charge in [0, 0.05) is 12.1 Å². The smallest absolute Gasteiger partial charge is 0.432 e. The number of allylic oxidation sites excluding steroid dienone is 1. The van der Waals surface area contributed by atoms with Crippen molar-refractivity contribution in [1.82, 2.24) is 0 Å². The van der Waals surface area contributed by atoms with Gasteiger partial charge in [0.05, 0.1) is 12.3 Å². The molecule has 0 aliphatic heterocycles. The first-order valence-corrected chi connectivity index (χ1v) is 11.3. The van der Waals surface area contributed by atoms with Gasteiger partial charge in [-0.05, 0) is 55.2 Å². The van der Waals surface area contributed by atoms with E-state index in [4.69, 9.17) is 0 Å². The Balaban J connectivity index is 1.78. The van der Waals surface area contributed by atoms with E-state index in [0.29, 0.717) is 18.8 Å². The molecule has 0 heterocycles. The second-order valence-electron chi connectivity index (χ2n) is 8.66. The summed E-state index contributed by atoms with van der Waals surface area (Å²) in [4.78, 5) is 0. The minimum Gasteiger partial charge on any atom is -0.459 e. The molecule has 0 atom stereocenters. The summed E-state index contributed by atoms with van der Waals surface area (Å²) < 4.78 is 131. The number of benzene rings is 2. The van der Waals surface area contributed by atoms with E-state index >= 15 is 0 Å². The third-order valence-corrected chi connectivity index (χ3v) is 6.03. The molecule has 0 saturated heterocycles. The SMILES string of the molecule is CCCC1CCC(c2cc(F)c(C(F)(F)Oc3cc(F)c(OC=CC(F)(F)F)c(F)c3)c(F)c2)CC1. The maximum Gasteiger partial charge on any atom is 0.432 e. The molecule has 0 unspecified atom stereocenters. The van der Waals surface area contributed by atoms with Crippen LogP contribution in [0.15, 0.2) is 36.6 Å². The zero-order valence-corrected chi connectivity index (χ0v) is 19.1. The van der Waals surface area contributed by atoms with Gasteiger partial charge in [0.1, 0.15) is 22.9 Å². The van der Waals surface area contributed by atoms with Crippen molar-refractivity contribution >= 4 is 0 Å². The fourth-order valence-electron chi connectivity index (χ4n) is 4.39.